The number of sulfonamides is 1. The van der Waals surface area contributed by atoms with E-state index in [2.05, 4.69) is 10.2 Å². The molecule has 0 amide bonds. The minimum Gasteiger partial charge on any atom is -0.383 e. The van der Waals surface area contributed by atoms with Gasteiger partial charge in [-0.1, -0.05) is 0 Å². The lowest BCUT2D eigenvalue weighted by molar-refractivity contribution is 0.185. The lowest BCUT2D eigenvalue weighted by atomic mass is 10.2. The van der Waals surface area contributed by atoms with Crippen molar-refractivity contribution in [3.63, 3.8) is 0 Å². The lowest BCUT2D eigenvalue weighted by Crippen LogP contribution is -2.20. The summed E-state index contributed by atoms with van der Waals surface area (Å²) in [5.41, 5.74) is 0.211. The van der Waals surface area contributed by atoms with E-state index in [1.165, 1.54) is 22.3 Å². The van der Waals surface area contributed by atoms with Crippen molar-refractivity contribution in [1.29, 1.82) is 0 Å². The van der Waals surface area contributed by atoms with Gasteiger partial charge in [-0.3, -0.25) is 9.36 Å². The lowest BCUT2D eigenvalue weighted by Gasteiger charge is -2.08. The molecule has 0 saturated carbocycles. The number of ether oxygens (including phenoxy) is 1. The number of primary sulfonamides is 1. The molecule has 9 nitrogen and oxygen atoms in total. The molecule has 114 valence electrons. The summed E-state index contributed by atoms with van der Waals surface area (Å²) in [4.78, 5) is 11.7. The fourth-order valence-corrected chi connectivity index (χ4v) is 2.42. The predicted molar refractivity (Wildman–Crippen MR) is 73.9 cm³/mol. The number of nitrogens with two attached hydrogens (primary N) is 1. The first kappa shape index (κ1) is 15.4. The standard InChI is InChI=1S/C11H15N5O4S/c1-15-4-3-8(7-9(15)17)10-13-14-11(21(12,18)19)16(10)5-6-20-2/h3-4,7H,5-6H2,1-2H3,(H2,12,18,19). The fourth-order valence-electron chi connectivity index (χ4n) is 1.78. The summed E-state index contributed by atoms with van der Waals surface area (Å²) in [5.74, 6) is 0.244. The highest BCUT2D eigenvalue weighted by Crippen LogP contribution is 2.18. The average molecular weight is 313 g/mol. The smallest absolute Gasteiger partial charge is 0.273 e. The van der Waals surface area contributed by atoms with Crippen LogP contribution >= 0.6 is 0 Å². The molecule has 0 aromatic carbocycles. The van der Waals surface area contributed by atoms with Crippen molar-refractivity contribution < 1.29 is 13.2 Å². The molecule has 2 aromatic rings. The van der Waals surface area contributed by atoms with Gasteiger partial charge in [0.15, 0.2) is 5.82 Å². The highest BCUT2D eigenvalue weighted by Gasteiger charge is 2.22. The maximum Gasteiger partial charge on any atom is 0.273 e. The second-order valence-electron chi connectivity index (χ2n) is 4.36. The number of nitrogens with zero attached hydrogens (tertiary/aromatic N) is 4. The highest BCUT2D eigenvalue weighted by atomic mass is 32.2. The molecule has 0 radical (unpaired) electrons. The molecule has 0 bridgehead atoms. The van der Waals surface area contributed by atoms with E-state index >= 15 is 0 Å². The zero-order chi connectivity index (χ0) is 15.6. The normalized spacial score (nSPS) is 11.8. The number of pyridine rings is 1. The van der Waals surface area contributed by atoms with Crippen molar-refractivity contribution in [1.82, 2.24) is 19.3 Å². The van der Waals surface area contributed by atoms with Crippen molar-refractivity contribution in [3.8, 4) is 11.4 Å². The third kappa shape index (κ3) is 3.17. The van der Waals surface area contributed by atoms with Gasteiger partial charge in [0.2, 0.25) is 0 Å². The molecule has 0 aliphatic carbocycles. The summed E-state index contributed by atoms with van der Waals surface area (Å²) in [5, 5.41) is 12.2. The molecule has 0 aliphatic heterocycles. The third-order valence-electron chi connectivity index (χ3n) is 2.85. The zero-order valence-corrected chi connectivity index (χ0v) is 12.4. The van der Waals surface area contributed by atoms with Crippen molar-refractivity contribution >= 4 is 10.0 Å². The first-order chi connectivity index (χ1) is 9.84. The largest absolute Gasteiger partial charge is 0.383 e. The van der Waals surface area contributed by atoms with Crippen LogP contribution in [0.2, 0.25) is 0 Å². The molecule has 2 heterocycles. The van der Waals surface area contributed by atoms with Gasteiger partial charge >= 0.3 is 0 Å². The number of hydrogen-bond donors (Lipinski definition) is 1. The SMILES string of the molecule is COCCn1c(-c2ccn(C)c(=O)c2)nnc1S(N)(=O)=O. The first-order valence-electron chi connectivity index (χ1n) is 5.96. The Balaban J connectivity index is 2.60. The number of rotatable bonds is 5. The van der Waals surface area contributed by atoms with Crippen LogP contribution in [0.15, 0.2) is 28.3 Å². The molecule has 0 saturated heterocycles. The van der Waals surface area contributed by atoms with Crippen molar-refractivity contribution in [3.05, 3.63) is 28.7 Å². The number of methoxy groups -OCH3 is 1. The third-order valence-corrected chi connectivity index (χ3v) is 3.66. The Bertz CT molecular complexity index is 808. The Morgan fingerprint density at radius 3 is 2.67 bits per heavy atom. The second kappa shape index (κ2) is 5.76. The molecule has 0 fully saturated rings. The van der Waals surface area contributed by atoms with E-state index in [-0.39, 0.29) is 29.7 Å². The van der Waals surface area contributed by atoms with Crippen LogP contribution in [0, 0.1) is 0 Å². The second-order valence-corrected chi connectivity index (χ2v) is 5.82. The predicted octanol–water partition coefficient (Wildman–Crippen LogP) is -1.06. The summed E-state index contributed by atoms with van der Waals surface area (Å²) in [6, 6.07) is 2.99. The quantitative estimate of drug-likeness (QED) is 0.750. The van der Waals surface area contributed by atoms with E-state index in [1.807, 2.05) is 0 Å². The van der Waals surface area contributed by atoms with Gasteiger partial charge in [0.05, 0.1) is 13.2 Å². The van der Waals surface area contributed by atoms with Crippen LogP contribution in [0.25, 0.3) is 11.4 Å². The Morgan fingerprint density at radius 1 is 1.38 bits per heavy atom. The van der Waals surface area contributed by atoms with E-state index in [1.54, 1.807) is 19.3 Å². The van der Waals surface area contributed by atoms with Crippen molar-refractivity contribution in [2.24, 2.45) is 12.2 Å². The molecule has 0 unspecified atom stereocenters. The van der Waals surface area contributed by atoms with E-state index < -0.39 is 10.0 Å². The fraction of sp³-hybridized carbons (Fsp3) is 0.364. The molecule has 0 atom stereocenters. The van der Waals surface area contributed by atoms with Gasteiger partial charge < -0.3 is 9.30 Å². The van der Waals surface area contributed by atoms with Gasteiger partial charge in [-0.05, 0) is 6.07 Å². The molecular weight excluding hydrogens is 298 g/mol. The summed E-state index contributed by atoms with van der Waals surface area (Å²) >= 11 is 0. The average Bonchev–Trinajstić information content (AvgIpc) is 2.83. The van der Waals surface area contributed by atoms with E-state index in [0.717, 1.165) is 0 Å². The molecule has 0 spiro atoms. The minimum atomic E-state index is -4.02. The Kier molecular flexibility index (Phi) is 4.21. The van der Waals surface area contributed by atoms with Gasteiger partial charge in [-0.25, -0.2) is 13.6 Å². The van der Waals surface area contributed by atoms with E-state index in [4.69, 9.17) is 9.88 Å². The van der Waals surface area contributed by atoms with Crippen LogP contribution in [0.1, 0.15) is 0 Å². The van der Waals surface area contributed by atoms with E-state index in [0.29, 0.717) is 5.56 Å². The summed E-state index contributed by atoms with van der Waals surface area (Å²) in [7, 11) is -0.925. The number of aryl methyl sites for hydroxylation is 1. The molecule has 21 heavy (non-hydrogen) atoms. The molecule has 2 rings (SSSR count). The zero-order valence-electron chi connectivity index (χ0n) is 11.6. The molecule has 0 aliphatic rings. The van der Waals surface area contributed by atoms with Crippen LogP contribution < -0.4 is 10.7 Å². The van der Waals surface area contributed by atoms with Crippen LogP contribution in [0.4, 0.5) is 0 Å². The maximum atomic E-state index is 11.7. The van der Waals surface area contributed by atoms with Gasteiger partial charge in [0.25, 0.3) is 20.7 Å². The molecule has 2 aromatic heterocycles. The Morgan fingerprint density at radius 2 is 2.10 bits per heavy atom. The van der Waals surface area contributed by atoms with Gasteiger partial charge in [-0.2, -0.15) is 0 Å². The highest BCUT2D eigenvalue weighted by molar-refractivity contribution is 7.89. The summed E-state index contributed by atoms with van der Waals surface area (Å²) < 4.78 is 30.7. The van der Waals surface area contributed by atoms with Gasteiger partial charge in [0, 0.05) is 32.0 Å². The number of hydrogen-bond acceptors (Lipinski definition) is 6. The Labute approximate surface area is 121 Å². The monoisotopic (exact) mass is 313 g/mol. The number of aromatic nitrogens is 4. The van der Waals surface area contributed by atoms with Crippen LogP contribution in [0.5, 0.6) is 0 Å². The van der Waals surface area contributed by atoms with Crippen LogP contribution in [-0.4, -0.2) is 41.5 Å². The van der Waals surface area contributed by atoms with E-state index in [9.17, 15) is 13.2 Å². The summed E-state index contributed by atoms with van der Waals surface area (Å²) in [6.07, 6.45) is 1.56. The molecular formula is C11H15N5O4S. The van der Waals surface area contributed by atoms with Gasteiger partial charge in [-0.15, -0.1) is 10.2 Å². The molecule has 2 N–H and O–H groups in total. The van der Waals surface area contributed by atoms with Crippen molar-refractivity contribution in [2.45, 2.75) is 11.7 Å². The van der Waals surface area contributed by atoms with Gasteiger partial charge in [0.1, 0.15) is 0 Å². The first-order valence-corrected chi connectivity index (χ1v) is 7.51. The maximum absolute atomic E-state index is 11.7. The summed E-state index contributed by atoms with van der Waals surface area (Å²) in [6.45, 7) is 0.443. The van der Waals surface area contributed by atoms with Crippen molar-refractivity contribution in [2.75, 3.05) is 13.7 Å². The van der Waals surface area contributed by atoms with Crippen LogP contribution in [0.3, 0.4) is 0 Å². The minimum absolute atomic E-state index is 0.194. The topological polar surface area (TPSA) is 122 Å². The van der Waals surface area contributed by atoms with Crippen LogP contribution in [-0.2, 0) is 28.4 Å². The Hall–Kier alpha value is -2.04. The molecule has 10 heteroatoms.